The van der Waals surface area contributed by atoms with Gasteiger partial charge >= 0.3 is 0 Å². The summed E-state index contributed by atoms with van der Waals surface area (Å²) in [6.07, 6.45) is 1.61. The number of carbonyl (C=O) groups is 1. The molecule has 0 N–H and O–H groups in total. The molecule has 2 aromatic carbocycles. The second-order valence-electron chi connectivity index (χ2n) is 8.32. The lowest BCUT2D eigenvalue weighted by molar-refractivity contribution is 0.0255. The summed E-state index contributed by atoms with van der Waals surface area (Å²) in [5.41, 5.74) is 3.33. The molecule has 0 aliphatic carbocycles. The molecule has 4 aromatic rings. The number of rotatable bonds is 4. The van der Waals surface area contributed by atoms with E-state index in [1.54, 1.807) is 38.7 Å². The van der Waals surface area contributed by atoms with Crippen LogP contribution in [0.3, 0.4) is 0 Å². The molecule has 0 radical (unpaired) electrons. The predicted octanol–water partition coefficient (Wildman–Crippen LogP) is 3.19. The van der Waals surface area contributed by atoms with Crippen molar-refractivity contribution in [3.05, 3.63) is 88.8 Å². The minimum absolute atomic E-state index is 0.184. The van der Waals surface area contributed by atoms with Crippen molar-refractivity contribution in [1.29, 1.82) is 0 Å². The van der Waals surface area contributed by atoms with E-state index in [9.17, 15) is 9.18 Å². The van der Waals surface area contributed by atoms with Crippen molar-refractivity contribution in [2.75, 3.05) is 0 Å². The Hall–Kier alpha value is -3.88. The number of hydrogen-bond acceptors (Lipinski definition) is 5. The zero-order valence-corrected chi connectivity index (χ0v) is 18.0. The fourth-order valence-corrected chi connectivity index (χ4v) is 4.40. The SMILES string of the molecule is Cc1cccc(C)c1-n1nnnc1C1(C)Cn2nccc2C(=O)N1Cc1ccc(F)cc1. The van der Waals surface area contributed by atoms with Gasteiger partial charge in [-0.05, 0) is 66.1 Å². The van der Waals surface area contributed by atoms with E-state index in [1.807, 2.05) is 39.0 Å². The van der Waals surface area contributed by atoms with E-state index in [-0.39, 0.29) is 18.3 Å². The minimum atomic E-state index is -0.900. The first-order chi connectivity index (χ1) is 15.4. The Morgan fingerprint density at radius 2 is 1.78 bits per heavy atom. The maximum absolute atomic E-state index is 13.6. The Kier molecular flexibility index (Phi) is 4.61. The third kappa shape index (κ3) is 3.08. The molecule has 0 fully saturated rings. The highest BCUT2D eigenvalue weighted by molar-refractivity contribution is 5.93. The molecule has 1 amide bonds. The van der Waals surface area contributed by atoms with Crippen molar-refractivity contribution < 1.29 is 9.18 Å². The average Bonchev–Trinajstić information content (AvgIpc) is 3.42. The van der Waals surface area contributed by atoms with Crippen LogP contribution in [0.5, 0.6) is 0 Å². The number of benzene rings is 2. The Bertz CT molecular complexity index is 1290. The van der Waals surface area contributed by atoms with Gasteiger partial charge in [-0.1, -0.05) is 30.3 Å². The van der Waals surface area contributed by atoms with Gasteiger partial charge in [0.15, 0.2) is 5.82 Å². The highest BCUT2D eigenvalue weighted by Crippen LogP contribution is 2.36. The Balaban J connectivity index is 1.67. The molecule has 1 atom stereocenters. The first-order valence-corrected chi connectivity index (χ1v) is 10.3. The van der Waals surface area contributed by atoms with Crippen LogP contribution in [0, 0.1) is 19.7 Å². The van der Waals surface area contributed by atoms with E-state index in [0.717, 1.165) is 22.4 Å². The number of amides is 1. The number of nitrogens with zero attached hydrogens (tertiary/aromatic N) is 7. The molecule has 0 saturated carbocycles. The summed E-state index contributed by atoms with van der Waals surface area (Å²) in [6, 6.07) is 13.9. The maximum Gasteiger partial charge on any atom is 0.273 e. The van der Waals surface area contributed by atoms with Crippen molar-refractivity contribution in [2.24, 2.45) is 0 Å². The van der Waals surface area contributed by atoms with Crippen LogP contribution >= 0.6 is 0 Å². The number of carbonyl (C=O) groups excluding carboxylic acids is 1. The summed E-state index contributed by atoms with van der Waals surface area (Å²) in [5.74, 6) is 0.0293. The Morgan fingerprint density at radius 1 is 1.06 bits per heavy atom. The molecule has 32 heavy (non-hydrogen) atoms. The molecule has 1 unspecified atom stereocenters. The van der Waals surface area contributed by atoms with Gasteiger partial charge < -0.3 is 4.90 Å². The van der Waals surface area contributed by atoms with Crippen LogP contribution in [-0.2, 0) is 18.6 Å². The Morgan fingerprint density at radius 3 is 2.50 bits per heavy atom. The first-order valence-electron chi connectivity index (χ1n) is 10.3. The Labute approximate surface area is 184 Å². The van der Waals surface area contributed by atoms with E-state index in [4.69, 9.17) is 0 Å². The summed E-state index contributed by atoms with van der Waals surface area (Å²) in [6.45, 7) is 6.61. The highest BCUT2D eigenvalue weighted by atomic mass is 19.1. The molecule has 0 saturated heterocycles. The quantitative estimate of drug-likeness (QED) is 0.496. The smallest absolute Gasteiger partial charge is 0.273 e. The van der Waals surface area contributed by atoms with E-state index < -0.39 is 5.54 Å². The highest BCUT2D eigenvalue weighted by Gasteiger charge is 2.47. The lowest BCUT2D eigenvalue weighted by atomic mass is 9.93. The lowest BCUT2D eigenvalue weighted by Crippen LogP contribution is -2.55. The van der Waals surface area contributed by atoms with Crippen LogP contribution in [-0.4, -0.2) is 40.8 Å². The van der Waals surface area contributed by atoms with Crippen LogP contribution in [0.15, 0.2) is 54.7 Å². The molecule has 1 aliphatic rings. The molecule has 5 rings (SSSR count). The van der Waals surface area contributed by atoms with Crippen LogP contribution in [0.2, 0.25) is 0 Å². The molecule has 162 valence electrons. The molecular weight excluding hydrogens is 409 g/mol. The number of halogens is 1. The summed E-state index contributed by atoms with van der Waals surface area (Å²) in [5, 5.41) is 17.0. The molecule has 9 heteroatoms. The number of fused-ring (bicyclic) bond motifs is 1. The summed E-state index contributed by atoms with van der Waals surface area (Å²) in [4.78, 5) is 15.3. The van der Waals surface area contributed by atoms with Gasteiger partial charge in [0.05, 0.1) is 12.2 Å². The van der Waals surface area contributed by atoms with Crippen molar-refractivity contribution in [1.82, 2.24) is 34.9 Å². The second-order valence-corrected chi connectivity index (χ2v) is 8.32. The fourth-order valence-electron chi connectivity index (χ4n) is 4.40. The normalized spacial score (nSPS) is 18.1. The number of aromatic nitrogens is 6. The van der Waals surface area contributed by atoms with Crippen LogP contribution in [0.4, 0.5) is 4.39 Å². The van der Waals surface area contributed by atoms with Gasteiger partial charge in [0.25, 0.3) is 5.91 Å². The van der Waals surface area contributed by atoms with E-state index in [2.05, 4.69) is 20.6 Å². The third-order valence-electron chi connectivity index (χ3n) is 6.09. The zero-order valence-electron chi connectivity index (χ0n) is 18.0. The number of aryl methyl sites for hydroxylation is 2. The minimum Gasteiger partial charge on any atom is -0.318 e. The van der Waals surface area contributed by atoms with Gasteiger partial charge in [-0.25, -0.2) is 4.39 Å². The van der Waals surface area contributed by atoms with Crippen molar-refractivity contribution in [3.8, 4) is 5.69 Å². The first kappa shape index (κ1) is 20.0. The summed E-state index contributed by atoms with van der Waals surface area (Å²) >= 11 is 0. The van der Waals surface area contributed by atoms with Gasteiger partial charge in [0, 0.05) is 12.7 Å². The maximum atomic E-state index is 13.6. The molecular formula is C23H22FN7O. The number of hydrogen-bond donors (Lipinski definition) is 0. The van der Waals surface area contributed by atoms with Gasteiger partial charge in [-0.3, -0.25) is 9.48 Å². The molecule has 0 bridgehead atoms. The molecule has 2 aromatic heterocycles. The van der Waals surface area contributed by atoms with Crippen LogP contribution in [0.1, 0.15) is 39.9 Å². The fraction of sp³-hybridized carbons (Fsp3) is 0.261. The summed E-state index contributed by atoms with van der Waals surface area (Å²) < 4.78 is 16.9. The average molecular weight is 431 g/mol. The zero-order chi connectivity index (χ0) is 22.5. The van der Waals surface area contributed by atoms with Crippen molar-refractivity contribution in [2.45, 2.75) is 39.4 Å². The standard InChI is InChI=1S/C23H22FN7O/c1-15-5-4-6-16(2)20(15)31-22(26-27-28-31)23(3)14-30-19(11-12-25-30)21(32)29(23)13-17-7-9-18(24)10-8-17/h4-12H,13-14H2,1-3H3. The topological polar surface area (TPSA) is 81.7 Å². The molecule has 3 heterocycles. The lowest BCUT2D eigenvalue weighted by Gasteiger charge is -2.43. The van der Waals surface area contributed by atoms with Gasteiger partial charge in [0.2, 0.25) is 0 Å². The van der Waals surface area contributed by atoms with Gasteiger partial charge in [-0.15, -0.1) is 5.10 Å². The van der Waals surface area contributed by atoms with Crippen LogP contribution in [0.25, 0.3) is 5.69 Å². The van der Waals surface area contributed by atoms with E-state index in [1.165, 1.54) is 12.1 Å². The molecule has 1 aliphatic heterocycles. The summed E-state index contributed by atoms with van der Waals surface area (Å²) in [7, 11) is 0. The van der Waals surface area contributed by atoms with Crippen molar-refractivity contribution >= 4 is 5.91 Å². The third-order valence-corrected chi connectivity index (χ3v) is 6.09. The number of tetrazole rings is 1. The monoisotopic (exact) mass is 431 g/mol. The van der Waals surface area contributed by atoms with E-state index in [0.29, 0.717) is 18.1 Å². The molecule has 8 nitrogen and oxygen atoms in total. The van der Waals surface area contributed by atoms with Gasteiger partial charge in [-0.2, -0.15) is 9.78 Å². The number of para-hydroxylation sites is 1. The predicted molar refractivity (Wildman–Crippen MR) is 114 cm³/mol. The van der Waals surface area contributed by atoms with Crippen LogP contribution < -0.4 is 0 Å². The van der Waals surface area contributed by atoms with E-state index >= 15 is 0 Å². The second kappa shape index (κ2) is 7.37. The van der Waals surface area contributed by atoms with Gasteiger partial charge in [0.1, 0.15) is 17.1 Å². The van der Waals surface area contributed by atoms with Crippen molar-refractivity contribution in [3.63, 3.8) is 0 Å². The molecule has 0 spiro atoms. The largest absolute Gasteiger partial charge is 0.318 e.